The molecule has 1 N–H and O–H groups in total. The number of aromatic nitrogens is 2. The van der Waals surface area contributed by atoms with E-state index in [0.29, 0.717) is 15.8 Å². The maximum Gasteiger partial charge on any atom is 0.471 e. The first-order chi connectivity index (χ1) is 22.0. The molecule has 1 aliphatic heterocycles. The van der Waals surface area contributed by atoms with Gasteiger partial charge in [0.05, 0.1) is 29.4 Å². The Labute approximate surface area is 272 Å². The Hall–Kier alpha value is -4.40. The van der Waals surface area contributed by atoms with Gasteiger partial charge in [0.25, 0.3) is 5.91 Å². The lowest BCUT2D eigenvalue weighted by molar-refractivity contribution is -0.199. The second kappa shape index (κ2) is 12.7. The van der Waals surface area contributed by atoms with E-state index in [0.717, 1.165) is 4.90 Å². The molecule has 5 rings (SSSR count). The van der Waals surface area contributed by atoms with Gasteiger partial charge in [-0.15, -0.1) is 0 Å². The average Bonchev–Trinajstić information content (AvgIpc) is 3.00. The first-order valence-electron chi connectivity index (χ1n) is 14.7. The van der Waals surface area contributed by atoms with Gasteiger partial charge in [-0.1, -0.05) is 17.7 Å². The lowest BCUT2D eigenvalue weighted by Crippen LogP contribution is -2.71. The number of nitrogens with zero attached hydrogens (tertiary/aromatic N) is 4. The number of piperazine rings is 1. The van der Waals surface area contributed by atoms with E-state index >= 15 is 0 Å². The van der Waals surface area contributed by atoms with Gasteiger partial charge >= 0.3 is 18.2 Å². The van der Waals surface area contributed by atoms with Crippen LogP contribution < -0.4 is 14.8 Å². The lowest BCUT2D eigenvalue weighted by Gasteiger charge is -2.51. The minimum absolute atomic E-state index is 0.0564. The number of carbonyl (C=O) groups excluding carboxylic acids is 3. The summed E-state index contributed by atoms with van der Waals surface area (Å²) in [7, 11) is 1.41. The first kappa shape index (κ1) is 33.9. The summed E-state index contributed by atoms with van der Waals surface area (Å²) >= 11 is 5.92. The highest BCUT2D eigenvalue weighted by atomic mass is 35.5. The highest BCUT2D eigenvalue weighted by molar-refractivity contribution is 6.31. The number of ether oxygens (including phenoxy) is 3. The van der Waals surface area contributed by atoms with Gasteiger partial charge in [0.15, 0.2) is 17.3 Å². The molecule has 2 aromatic carbocycles. The molecule has 0 atom stereocenters. The molecule has 2 fully saturated rings. The van der Waals surface area contributed by atoms with E-state index in [2.05, 4.69) is 15.3 Å². The molecule has 16 heteroatoms. The van der Waals surface area contributed by atoms with Crippen molar-refractivity contribution in [1.29, 1.82) is 0 Å². The van der Waals surface area contributed by atoms with Gasteiger partial charge in [0.2, 0.25) is 0 Å². The standard InChI is InChI=1S/C31H32ClF4N5O6/c1-29(2,3)47-28(44)40-12-13-41(27(43)31(34,35)36)30(26(40)42)10-8-17(9-11-30)46-23-14-18-21(15-22(23)45-4)37-16-38-25(18)39-20-7-5-6-19(32)24(20)33/h5-7,14-17H,8-13H2,1-4H3,(H,37,38,39). The number of carbonyl (C=O) groups is 3. The van der Waals surface area contributed by atoms with E-state index in [4.69, 9.17) is 25.8 Å². The number of benzene rings is 2. The fourth-order valence-electron chi connectivity index (χ4n) is 5.82. The molecule has 1 aromatic heterocycles. The number of fused-ring (bicyclic) bond motifs is 1. The quantitative estimate of drug-likeness (QED) is 0.305. The van der Waals surface area contributed by atoms with Gasteiger partial charge in [-0.2, -0.15) is 13.2 Å². The highest BCUT2D eigenvalue weighted by Gasteiger charge is 2.59. The monoisotopic (exact) mass is 681 g/mol. The Bertz CT molecular complexity index is 1710. The maximum atomic E-state index is 14.6. The van der Waals surface area contributed by atoms with Crippen LogP contribution in [0.15, 0.2) is 36.7 Å². The number of hydrogen-bond donors (Lipinski definition) is 1. The van der Waals surface area contributed by atoms with Crippen molar-refractivity contribution in [2.75, 3.05) is 25.5 Å². The van der Waals surface area contributed by atoms with E-state index in [1.54, 1.807) is 39.0 Å². The molecule has 1 saturated carbocycles. The van der Waals surface area contributed by atoms with E-state index in [1.807, 2.05) is 0 Å². The van der Waals surface area contributed by atoms with Crippen molar-refractivity contribution in [2.45, 2.75) is 69.9 Å². The SMILES string of the molecule is COc1cc2ncnc(Nc3cccc(Cl)c3F)c2cc1OC1CCC2(CC1)C(=O)N(C(=O)OC(C)(C)C)CCN2C(=O)C(F)(F)F. The largest absolute Gasteiger partial charge is 0.493 e. The molecule has 1 spiro atoms. The minimum Gasteiger partial charge on any atom is -0.493 e. The van der Waals surface area contributed by atoms with Gasteiger partial charge < -0.3 is 24.4 Å². The van der Waals surface area contributed by atoms with Crippen molar-refractivity contribution in [3.05, 3.63) is 47.5 Å². The summed E-state index contributed by atoms with van der Waals surface area (Å²) in [5.74, 6) is -3.00. The average molecular weight is 682 g/mol. The summed E-state index contributed by atoms with van der Waals surface area (Å²) in [6.07, 6.45) is -5.87. The number of methoxy groups -OCH3 is 1. The molecule has 11 nitrogen and oxygen atoms in total. The van der Waals surface area contributed by atoms with Gasteiger partial charge in [-0.3, -0.25) is 9.59 Å². The van der Waals surface area contributed by atoms with E-state index in [1.165, 1.54) is 25.6 Å². The number of alkyl halides is 3. The smallest absolute Gasteiger partial charge is 0.471 e. The predicted octanol–water partition coefficient (Wildman–Crippen LogP) is 6.40. The van der Waals surface area contributed by atoms with Gasteiger partial charge in [0.1, 0.15) is 23.3 Å². The third-order valence-electron chi connectivity index (χ3n) is 7.99. The van der Waals surface area contributed by atoms with Crippen molar-refractivity contribution in [2.24, 2.45) is 0 Å². The zero-order valence-electron chi connectivity index (χ0n) is 25.9. The summed E-state index contributed by atoms with van der Waals surface area (Å²) in [6, 6.07) is 7.62. The zero-order chi connectivity index (χ0) is 34.3. The molecule has 3 aromatic rings. The summed E-state index contributed by atoms with van der Waals surface area (Å²) in [4.78, 5) is 49.0. The lowest BCUT2D eigenvalue weighted by atomic mass is 9.76. The molecule has 2 heterocycles. The zero-order valence-corrected chi connectivity index (χ0v) is 26.7. The Morgan fingerprint density at radius 3 is 2.40 bits per heavy atom. The van der Waals surface area contributed by atoms with Crippen LogP contribution in [0.1, 0.15) is 46.5 Å². The fourth-order valence-corrected chi connectivity index (χ4v) is 5.99. The number of halogens is 5. The first-order valence-corrected chi connectivity index (χ1v) is 15.1. The Kier molecular flexibility index (Phi) is 9.14. The van der Waals surface area contributed by atoms with Crippen molar-refractivity contribution < 1.29 is 46.2 Å². The Morgan fingerprint density at radius 2 is 1.77 bits per heavy atom. The topological polar surface area (TPSA) is 123 Å². The summed E-state index contributed by atoms with van der Waals surface area (Å²) in [5.41, 5.74) is -2.38. The molecular weight excluding hydrogens is 650 g/mol. The number of hydrogen-bond acceptors (Lipinski definition) is 9. The molecule has 0 unspecified atom stereocenters. The van der Waals surface area contributed by atoms with Crippen LogP contribution >= 0.6 is 11.6 Å². The van der Waals surface area contributed by atoms with E-state index in [9.17, 15) is 31.9 Å². The van der Waals surface area contributed by atoms with Crippen molar-refractivity contribution >= 4 is 51.9 Å². The van der Waals surface area contributed by atoms with Crippen LogP contribution in [0, 0.1) is 5.82 Å². The van der Waals surface area contributed by atoms with Gasteiger partial charge in [-0.25, -0.2) is 24.1 Å². The number of anilines is 2. The summed E-state index contributed by atoms with van der Waals surface area (Å²) < 4.78 is 72.8. The molecule has 47 heavy (non-hydrogen) atoms. The molecule has 3 amide bonds. The highest BCUT2D eigenvalue weighted by Crippen LogP contribution is 2.43. The van der Waals surface area contributed by atoms with E-state index in [-0.39, 0.29) is 53.7 Å². The molecular formula is C31H32ClF4N5O6. The Balaban J connectivity index is 1.41. The van der Waals surface area contributed by atoms with Crippen LogP contribution in [0.25, 0.3) is 10.9 Å². The van der Waals surface area contributed by atoms with Crippen LogP contribution in [-0.4, -0.2) is 81.3 Å². The molecule has 2 aliphatic rings. The van der Waals surface area contributed by atoms with Crippen LogP contribution in [0.3, 0.4) is 0 Å². The third-order valence-corrected chi connectivity index (χ3v) is 8.28. The normalized spacial score (nSPS) is 20.4. The van der Waals surface area contributed by atoms with Gasteiger partial charge in [0, 0.05) is 24.5 Å². The van der Waals surface area contributed by atoms with Crippen molar-refractivity contribution in [1.82, 2.24) is 19.8 Å². The number of rotatable bonds is 5. The third kappa shape index (κ3) is 6.85. The van der Waals surface area contributed by atoms with Crippen molar-refractivity contribution in [3.8, 4) is 11.5 Å². The maximum absolute atomic E-state index is 14.6. The van der Waals surface area contributed by atoms with Crippen molar-refractivity contribution in [3.63, 3.8) is 0 Å². The van der Waals surface area contributed by atoms with E-state index < -0.39 is 60.2 Å². The minimum atomic E-state index is -5.23. The number of amides is 3. The molecule has 0 bridgehead atoms. The predicted molar refractivity (Wildman–Crippen MR) is 162 cm³/mol. The second-order valence-corrected chi connectivity index (χ2v) is 12.6. The Morgan fingerprint density at radius 1 is 1.06 bits per heavy atom. The molecule has 252 valence electrons. The molecule has 1 aliphatic carbocycles. The van der Waals surface area contributed by atoms with Crippen LogP contribution in [0.2, 0.25) is 5.02 Å². The molecule has 0 radical (unpaired) electrons. The van der Waals surface area contributed by atoms with Crippen LogP contribution in [-0.2, 0) is 14.3 Å². The number of nitrogens with one attached hydrogen (secondary N) is 1. The summed E-state index contributed by atoms with van der Waals surface area (Å²) in [6.45, 7) is 3.84. The number of imide groups is 1. The van der Waals surface area contributed by atoms with Gasteiger partial charge in [-0.05, 0) is 64.7 Å². The molecule has 1 saturated heterocycles. The van der Waals surface area contributed by atoms with Crippen LogP contribution in [0.5, 0.6) is 11.5 Å². The van der Waals surface area contributed by atoms with Crippen LogP contribution in [0.4, 0.5) is 33.9 Å². The summed E-state index contributed by atoms with van der Waals surface area (Å²) in [5, 5.41) is 3.26. The fraction of sp³-hybridized carbons (Fsp3) is 0.452. The second-order valence-electron chi connectivity index (χ2n) is 12.2.